The second-order valence-corrected chi connectivity index (χ2v) is 7.61. The first-order chi connectivity index (χ1) is 15.8. The molecule has 33 heavy (non-hydrogen) atoms. The average Bonchev–Trinajstić information content (AvgIpc) is 3.20. The van der Waals surface area contributed by atoms with Gasteiger partial charge in [-0.1, -0.05) is 42.5 Å². The molecule has 6 nitrogen and oxygen atoms in total. The molecule has 3 aromatic carbocycles. The van der Waals surface area contributed by atoms with E-state index in [2.05, 4.69) is 15.0 Å². The molecule has 4 aromatic rings. The molecule has 0 saturated heterocycles. The van der Waals surface area contributed by atoms with Gasteiger partial charge in [-0.2, -0.15) is 8.78 Å². The summed E-state index contributed by atoms with van der Waals surface area (Å²) in [4.78, 5) is 15.6. The van der Waals surface area contributed by atoms with Crippen molar-refractivity contribution in [3.8, 4) is 28.3 Å². The van der Waals surface area contributed by atoms with Gasteiger partial charge in [0.2, 0.25) is 5.89 Å². The molecule has 1 heterocycles. The minimum absolute atomic E-state index is 0.0101. The maximum atomic E-state index is 13.0. The average molecular weight is 452 g/mol. The maximum Gasteiger partial charge on any atom is 0.387 e. The minimum atomic E-state index is -3.04. The van der Waals surface area contributed by atoms with Crippen molar-refractivity contribution < 1.29 is 27.8 Å². The number of fused-ring (bicyclic) bond motifs is 1. The summed E-state index contributed by atoms with van der Waals surface area (Å²) in [6.45, 7) is 0.410. The molecular formula is C25H22F2N2O4. The zero-order chi connectivity index (χ0) is 23.5. The van der Waals surface area contributed by atoms with E-state index in [1.54, 1.807) is 6.07 Å². The van der Waals surface area contributed by atoms with E-state index >= 15 is 0 Å². The Labute approximate surface area is 188 Å². The number of carbonyl (C=O) groups is 1. The van der Waals surface area contributed by atoms with Gasteiger partial charge < -0.3 is 19.6 Å². The lowest BCUT2D eigenvalue weighted by Gasteiger charge is -2.13. The molecule has 0 saturated carbocycles. The van der Waals surface area contributed by atoms with Gasteiger partial charge in [0.05, 0.1) is 0 Å². The van der Waals surface area contributed by atoms with Gasteiger partial charge in [-0.05, 0) is 42.7 Å². The van der Waals surface area contributed by atoms with Crippen LogP contribution >= 0.6 is 0 Å². The van der Waals surface area contributed by atoms with Crippen LogP contribution in [0.25, 0.3) is 33.7 Å². The molecule has 0 amide bonds. The van der Waals surface area contributed by atoms with E-state index in [-0.39, 0.29) is 12.3 Å². The van der Waals surface area contributed by atoms with Crippen LogP contribution in [0.15, 0.2) is 65.1 Å². The Bertz CT molecular complexity index is 1290. The summed E-state index contributed by atoms with van der Waals surface area (Å²) in [6.07, 6.45) is 0. The van der Waals surface area contributed by atoms with Crippen LogP contribution in [0.4, 0.5) is 8.78 Å². The Kier molecular flexibility index (Phi) is 6.37. The summed E-state index contributed by atoms with van der Waals surface area (Å²) in [6, 6.07) is 17.8. The Morgan fingerprint density at radius 1 is 1.12 bits per heavy atom. The van der Waals surface area contributed by atoms with E-state index in [1.807, 2.05) is 55.5 Å². The summed E-state index contributed by atoms with van der Waals surface area (Å²) in [5.41, 5.74) is 4.94. The second-order valence-electron chi connectivity index (χ2n) is 7.61. The smallest absolute Gasteiger partial charge is 0.387 e. The van der Waals surface area contributed by atoms with Crippen LogP contribution in [-0.4, -0.2) is 28.7 Å². The van der Waals surface area contributed by atoms with Crippen molar-refractivity contribution in [3.63, 3.8) is 0 Å². The van der Waals surface area contributed by atoms with Crippen LogP contribution in [0.3, 0.4) is 0 Å². The van der Waals surface area contributed by atoms with Crippen molar-refractivity contribution in [1.82, 2.24) is 10.3 Å². The van der Waals surface area contributed by atoms with Crippen LogP contribution < -0.4 is 10.1 Å². The van der Waals surface area contributed by atoms with E-state index < -0.39 is 18.6 Å². The number of benzene rings is 3. The van der Waals surface area contributed by atoms with E-state index in [1.165, 1.54) is 13.0 Å². The fourth-order valence-corrected chi connectivity index (χ4v) is 3.61. The molecule has 1 aromatic heterocycles. The summed E-state index contributed by atoms with van der Waals surface area (Å²) >= 11 is 0. The van der Waals surface area contributed by atoms with E-state index in [0.717, 1.165) is 22.3 Å². The normalized spacial score (nSPS) is 12.3. The molecule has 1 atom stereocenters. The zero-order valence-corrected chi connectivity index (χ0v) is 18.0. The summed E-state index contributed by atoms with van der Waals surface area (Å²) in [7, 11) is 0. The number of alkyl halides is 2. The van der Waals surface area contributed by atoms with Crippen LogP contribution in [0.2, 0.25) is 0 Å². The molecule has 0 bridgehead atoms. The van der Waals surface area contributed by atoms with E-state index in [0.29, 0.717) is 22.6 Å². The number of ether oxygens (including phenoxy) is 1. The Hall–Kier alpha value is -3.78. The van der Waals surface area contributed by atoms with Crippen molar-refractivity contribution in [3.05, 3.63) is 71.8 Å². The van der Waals surface area contributed by atoms with E-state index in [9.17, 15) is 13.6 Å². The summed E-state index contributed by atoms with van der Waals surface area (Å²) < 4.78 is 36.5. The lowest BCUT2D eigenvalue weighted by atomic mass is 9.96. The molecule has 0 fully saturated rings. The second kappa shape index (κ2) is 9.38. The number of nitrogens with one attached hydrogen (secondary N) is 1. The molecule has 0 spiro atoms. The number of halogens is 2. The minimum Gasteiger partial charge on any atom is -0.480 e. The van der Waals surface area contributed by atoms with Crippen molar-refractivity contribution in [2.75, 3.05) is 0 Å². The van der Waals surface area contributed by atoms with Gasteiger partial charge in [-0.25, -0.2) is 4.98 Å². The summed E-state index contributed by atoms with van der Waals surface area (Å²) in [5.74, 6) is -0.794. The highest BCUT2D eigenvalue weighted by atomic mass is 19.3. The molecule has 0 unspecified atom stereocenters. The number of hydrogen-bond donors (Lipinski definition) is 2. The highest BCUT2D eigenvalue weighted by Gasteiger charge is 2.19. The number of rotatable bonds is 8. The van der Waals surface area contributed by atoms with Crippen molar-refractivity contribution in [1.29, 1.82) is 0 Å². The SMILES string of the molecule is Cc1c(-c2ccccc2)cccc1-c1nc2cc(CN[C@@H](C)C(=O)O)c(OC(F)F)cc2o1. The highest BCUT2D eigenvalue weighted by Crippen LogP contribution is 2.35. The molecule has 0 aliphatic rings. The Balaban J connectivity index is 1.74. The first kappa shape index (κ1) is 22.4. The molecule has 2 N–H and O–H groups in total. The number of carboxylic acid groups (broad SMARTS) is 1. The number of aromatic nitrogens is 1. The molecule has 8 heteroatoms. The molecule has 0 aliphatic heterocycles. The lowest BCUT2D eigenvalue weighted by molar-refractivity contribution is -0.139. The van der Waals surface area contributed by atoms with Crippen LogP contribution in [-0.2, 0) is 11.3 Å². The number of aliphatic carboxylic acids is 1. The zero-order valence-electron chi connectivity index (χ0n) is 18.0. The lowest BCUT2D eigenvalue weighted by Crippen LogP contribution is -2.33. The van der Waals surface area contributed by atoms with Gasteiger partial charge in [0.25, 0.3) is 0 Å². The van der Waals surface area contributed by atoms with Crippen LogP contribution in [0.5, 0.6) is 5.75 Å². The fourth-order valence-electron chi connectivity index (χ4n) is 3.61. The fraction of sp³-hybridized carbons (Fsp3) is 0.200. The summed E-state index contributed by atoms with van der Waals surface area (Å²) in [5, 5.41) is 11.8. The van der Waals surface area contributed by atoms with Gasteiger partial charge >= 0.3 is 12.6 Å². The third kappa shape index (κ3) is 4.85. The quantitative estimate of drug-likeness (QED) is 0.360. The van der Waals surface area contributed by atoms with Gasteiger partial charge in [-0.15, -0.1) is 0 Å². The predicted octanol–water partition coefficient (Wildman–Crippen LogP) is 5.63. The molecule has 0 aliphatic carbocycles. The number of nitrogens with zero attached hydrogens (tertiary/aromatic N) is 1. The standard InChI is InChI=1S/C25H22F2N2O4/c1-14-18(16-7-4-3-5-8-16)9-6-10-19(14)23-29-20-11-17(13-28-15(2)24(30)31)21(33-25(26)27)12-22(20)32-23/h3-12,15,25,28H,13H2,1-2H3,(H,30,31)/t15-/m0/s1. The van der Waals surface area contributed by atoms with Crippen LogP contribution in [0, 0.1) is 6.92 Å². The largest absolute Gasteiger partial charge is 0.480 e. The molecule has 0 radical (unpaired) electrons. The van der Waals surface area contributed by atoms with Gasteiger partial charge in [0.1, 0.15) is 17.3 Å². The monoisotopic (exact) mass is 452 g/mol. The first-order valence-electron chi connectivity index (χ1n) is 10.3. The topological polar surface area (TPSA) is 84.6 Å². The number of carboxylic acids is 1. The molecular weight excluding hydrogens is 430 g/mol. The molecule has 4 rings (SSSR count). The van der Waals surface area contributed by atoms with Crippen molar-refractivity contribution >= 4 is 17.1 Å². The maximum absolute atomic E-state index is 13.0. The van der Waals surface area contributed by atoms with Gasteiger partial charge in [-0.3, -0.25) is 4.79 Å². The number of hydrogen-bond acceptors (Lipinski definition) is 5. The third-order valence-electron chi connectivity index (χ3n) is 5.40. The van der Waals surface area contributed by atoms with Gasteiger partial charge in [0, 0.05) is 23.7 Å². The van der Waals surface area contributed by atoms with Crippen molar-refractivity contribution in [2.24, 2.45) is 0 Å². The Morgan fingerprint density at radius 3 is 2.55 bits per heavy atom. The molecule has 170 valence electrons. The van der Waals surface area contributed by atoms with Crippen LogP contribution in [0.1, 0.15) is 18.1 Å². The number of oxazole rings is 1. The van der Waals surface area contributed by atoms with Crippen molar-refractivity contribution in [2.45, 2.75) is 33.0 Å². The highest BCUT2D eigenvalue weighted by molar-refractivity contribution is 5.82. The Morgan fingerprint density at radius 2 is 1.85 bits per heavy atom. The van der Waals surface area contributed by atoms with E-state index in [4.69, 9.17) is 9.52 Å². The third-order valence-corrected chi connectivity index (χ3v) is 5.40. The first-order valence-corrected chi connectivity index (χ1v) is 10.3. The predicted molar refractivity (Wildman–Crippen MR) is 120 cm³/mol. The van der Waals surface area contributed by atoms with Gasteiger partial charge in [0.15, 0.2) is 5.58 Å².